The first-order chi connectivity index (χ1) is 7.67. The van der Waals surface area contributed by atoms with Crippen molar-refractivity contribution in [3.63, 3.8) is 0 Å². The van der Waals surface area contributed by atoms with E-state index in [0.717, 1.165) is 21.9 Å². The Kier molecular flexibility index (Phi) is 2.96. The highest BCUT2D eigenvalue weighted by Gasteiger charge is 2.13. The van der Waals surface area contributed by atoms with E-state index >= 15 is 0 Å². The van der Waals surface area contributed by atoms with Crippen LogP contribution in [0.2, 0.25) is 0 Å². The molecule has 16 heavy (non-hydrogen) atoms. The van der Waals surface area contributed by atoms with Gasteiger partial charge in [0.15, 0.2) is 0 Å². The highest BCUT2D eigenvalue weighted by molar-refractivity contribution is 9.10. The summed E-state index contributed by atoms with van der Waals surface area (Å²) in [5.41, 5.74) is 1.52. The van der Waals surface area contributed by atoms with Crippen molar-refractivity contribution in [2.24, 2.45) is 0 Å². The van der Waals surface area contributed by atoms with Crippen molar-refractivity contribution in [3.8, 4) is 0 Å². The lowest BCUT2D eigenvalue weighted by atomic mass is 10.1. The molecular formula is C11H11BrN2O2. The highest BCUT2D eigenvalue weighted by atomic mass is 79.9. The van der Waals surface area contributed by atoms with Crippen LogP contribution in [-0.2, 0) is 11.3 Å². The molecule has 0 saturated heterocycles. The van der Waals surface area contributed by atoms with Gasteiger partial charge in [-0.25, -0.2) is 4.79 Å². The molecule has 0 aliphatic rings. The van der Waals surface area contributed by atoms with E-state index in [-0.39, 0.29) is 5.97 Å². The van der Waals surface area contributed by atoms with Crippen LogP contribution >= 0.6 is 15.9 Å². The molecule has 0 amide bonds. The summed E-state index contributed by atoms with van der Waals surface area (Å²) < 4.78 is 7.30. The van der Waals surface area contributed by atoms with Gasteiger partial charge in [-0.1, -0.05) is 0 Å². The van der Waals surface area contributed by atoms with Crippen LogP contribution in [0.5, 0.6) is 0 Å². The Bertz CT molecular complexity index is 548. The number of rotatable bonds is 2. The normalized spacial score (nSPS) is 10.7. The second kappa shape index (κ2) is 4.25. The van der Waals surface area contributed by atoms with Crippen molar-refractivity contribution in [1.29, 1.82) is 0 Å². The number of nitrogens with zero attached hydrogens (tertiary/aromatic N) is 2. The van der Waals surface area contributed by atoms with Gasteiger partial charge in [0.25, 0.3) is 0 Å². The van der Waals surface area contributed by atoms with Crippen LogP contribution in [0, 0.1) is 0 Å². The number of methoxy groups -OCH3 is 1. The monoisotopic (exact) mass is 282 g/mol. The summed E-state index contributed by atoms with van der Waals surface area (Å²) in [7, 11) is 1.37. The van der Waals surface area contributed by atoms with Crippen LogP contribution in [-0.4, -0.2) is 22.9 Å². The average Bonchev–Trinajstić information content (AvgIpc) is 2.69. The van der Waals surface area contributed by atoms with Gasteiger partial charge in [0.05, 0.1) is 24.4 Å². The van der Waals surface area contributed by atoms with Crippen LogP contribution in [0.4, 0.5) is 0 Å². The van der Waals surface area contributed by atoms with Crippen molar-refractivity contribution in [3.05, 3.63) is 28.4 Å². The third-order valence-corrected chi connectivity index (χ3v) is 3.09. The average molecular weight is 283 g/mol. The van der Waals surface area contributed by atoms with Gasteiger partial charge < -0.3 is 4.74 Å². The van der Waals surface area contributed by atoms with Crippen LogP contribution in [0.1, 0.15) is 17.3 Å². The molecule has 1 heterocycles. The van der Waals surface area contributed by atoms with Gasteiger partial charge in [0, 0.05) is 16.4 Å². The third-order valence-electron chi connectivity index (χ3n) is 2.44. The first-order valence-electron chi connectivity index (χ1n) is 4.90. The second-order valence-corrected chi connectivity index (χ2v) is 4.20. The van der Waals surface area contributed by atoms with Gasteiger partial charge in [0.1, 0.15) is 0 Å². The molecule has 4 nitrogen and oxygen atoms in total. The van der Waals surface area contributed by atoms with E-state index in [1.54, 1.807) is 12.3 Å². The fourth-order valence-electron chi connectivity index (χ4n) is 1.62. The lowest BCUT2D eigenvalue weighted by Crippen LogP contribution is -2.02. The molecule has 0 bridgehead atoms. The zero-order valence-electron chi connectivity index (χ0n) is 9.03. The van der Waals surface area contributed by atoms with Crippen LogP contribution in [0.15, 0.2) is 22.8 Å². The predicted molar refractivity (Wildman–Crippen MR) is 64.4 cm³/mol. The summed E-state index contributed by atoms with van der Waals surface area (Å²) in [4.78, 5) is 11.5. The Morgan fingerprint density at radius 3 is 2.94 bits per heavy atom. The summed E-state index contributed by atoms with van der Waals surface area (Å²) in [6, 6.07) is 3.67. The SMILES string of the molecule is CCn1ncc2cc(C(=O)OC)c(Br)cc21. The Morgan fingerprint density at radius 1 is 1.56 bits per heavy atom. The topological polar surface area (TPSA) is 44.1 Å². The Hall–Kier alpha value is -1.36. The Morgan fingerprint density at radius 2 is 2.31 bits per heavy atom. The molecule has 84 valence electrons. The third kappa shape index (κ3) is 1.71. The Balaban J connectivity index is 2.64. The van der Waals surface area contributed by atoms with Gasteiger partial charge in [-0.05, 0) is 35.0 Å². The van der Waals surface area contributed by atoms with Crippen LogP contribution in [0.25, 0.3) is 10.9 Å². The van der Waals surface area contributed by atoms with Crippen molar-refractivity contribution >= 4 is 32.8 Å². The smallest absolute Gasteiger partial charge is 0.339 e. The first kappa shape index (κ1) is 11.1. The largest absolute Gasteiger partial charge is 0.465 e. The van der Waals surface area contributed by atoms with E-state index in [0.29, 0.717) is 5.56 Å². The van der Waals surface area contributed by atoms with Gasteiger partial charge in [0.2, 0.25) is 0 Å². The number of hydrogen-bond acceptors (Lipinski definition) is 3. The number of fused-ring (bicyclic) bond motifs is 1. The quantitative estimate of drug-likeness (QED) is 0.796. The molecule has 2 rings (SSSR count). The molecule has 2 aromatic rings. The van der Waals surface area contributed by atoms with Gasteiger partial charge in [-0.3, -0.25) is 4.68 Å². The minimum atomic E-state index is -0.349. The summed E-state index contributed by atoms with van der Waals surface area (Å²) in [6.07, 6.45) is 1.75. The number of hydrogen-bond donors (Lipinski definition) is 0. The molecule has 0 aliphatic heterocycles. The molecule has 0 saturated carbocycles. The van der Waals surface area contributed by atoms with Gasteiger partial charge in [-0.15, -0.1) is 0 Å². The highest BCUT2D eigenvalue weighted by Crippen LogP contribution is 2.25. The number of carbonyl (C=O) groups excluding carboxylic acids is 1. The molecule has 0 N–H and O–H groups in total. The molecule has 1 aromatic carbocycles. The van der Waals surface area contributed by atoms with Crippen molar-refractivity contribution in [2.45, 2.75) is 13.5 Å². The van der Waals surface area contributed by atoms with E-state index in [1.807, 2.05) is 17.7 Å². The van der Waals surface area contributed by atoms with Crippen molar-refractivity contribution < 1.29 is 9.53 Å². The van der Waals surface area contributed by atoms with Gasteiger partial charge in [-0.2, -0.15) is 5.10 Å². The summed E-state index contributed by atoms with van der Waals surface area (Å²) in [5, 5.41) is 5.16. The number of halogens is 1. The minimum absolute atomic E-state index is 0.349. The number of aromatic nitrogens is 2. The number of ether oxygens (including phenoxy) is 1. The summed E-state index contributed by atoms with van der Waals surface area (Å²) >= 11 is 3.36. The molecule has 0 atom stereocenters. The maximum absolute atomic E-state index is 11.5. The Labute approximate surface area is 101 Å². The fraction of sp³-hybridized carbons (Fsp3) is 0.273. The first-order valence-corrected chi connectivity index (χ1v) is 5.70. The maximum atomic E-state index is 11.5. The van der Waals surface area contributed by atoms with Crippen LogP contribution < -0.4 is 0 Å². The summed E-state index contributed by atoms with van der Waals surface area (Å²) in [5.74, 6) is -0.349. The maximum Gasteiger partial charge on any atom is 0.339 e. The molecule has 0 aliphatic carbocycles. The van der Waals surface area contributed by atoms with E-state index < -0.39 is 0 Å². The van der Waals surface area contributed by atoms with E-state index in [4.69, 9.17) is 4.74 Å². The molecule has 5 heteroatoms. The van der Waals surface area contributed by atoms with E-state index in [2.05, 4.69) is 21.0 Å². The molecule has 0 spiro atoms. The second-order valence-electron chi connectivity index (χ2n) is 3.34. The molecule has 1 aromatic heterocycles. The number of aryl methyl sites for hydroxylation is 1. The number of benzene rings is 1. The van der Waals surface area contributed by atoms with E-state index in [9.17, 15) is 4.79 Å². The van der Waals surface area contributed by atoms with E-state index in [1.165, 1.54) is 7.11 Å². The zero-order chi connectivity index (χ0) is 11.7. The minimum Gasteiger partial charge on any atom is -0.465 e. The van der Waals surface area contributed by atoms with Gasteiger partial charge >= 0.3 is 5.97 Å². The lowest BCUT2D eigenvalue weighted by molar-refractivity contribution is 0.0600. The van der Waals surface area contributed by atoms with Crippen LogP contribution in [0.3, 0.4) is 0 Å². The molecule has 0 fully saturated rings. The molecular weight excluding hydrogens is 272 g/mol. The standard InChI is InChI=1S/C11H11BrN2O2/c1-3-14-10-5-9(12)8(11(15)16-2)4-7(10)6-13-14/h4-6H,3H2,1-2H3. The van der Waals surface area contributed by atoms with Crippen molar-refractivity contribution in [2.75, 3.05) is 7.11 Å². The lowest BCUT2D eigenvalue weighted by Gasteiger charge is -2.04. The fourth-order valence-corrected chi connectivity index (χ4v) is 2.11. The van der Waals surface area contributed by atoms with Crippen molar-refractivity contribution in [1.82, 2.24) is 9.78 Å². The number of carbonyl (C=O) groups is 1. The summed E-state index contributed by atoms with van der Waals surface area (Å²) in [6.45, 7) is 2.82. The predicted octanol–water partition coefficient (Wildman–Crippen LogP) is 2.61. The molecule has 0 unspecified atom stereocenters. The zero-order valence-corrected chi connectivity index (χ0v) is 10.6. The molecule has 0 radical (unpaired) electrons. The number of esters is 1.